The van der Waals surface area contributed by atoms with E-state index in [1.54, 1.807) is 37.3 Å². The van der Waals surface area contributed by atoms with E-state index in [1.807, 2.05) is 0 Å². The van der Waals surface area contributed by atoms with Crippen LogP contribution in [-0.2, 0) is 17.5 Å². The predicted molar refractivity (Wildman–Crippen MR) is 174 cm³/mol. The van der Waals surface area contributed by atoms with E-state index >= 15 is 0 Å². The van der Waals surface area contributed by atoms with Crippen molar-refractivity contribution in [2.75, 3.05) is 0 Å². The third-order valence-electron chi connectivity index (χ3n) is 7.84. The van der Waals surface area contributed by atoms with Gasteiger partial charge in [0.2, 0.25) is 0 Å². The van der Waals surface area contributed by atoms with Gasteiger partial charge in [0.15, 0.2) is 4.90 Å². The third kappa shape index (κ3) is 5.93. The van der Waals surface area contributed by atoms with Crippen molar-refractivity contribution in [1.82, 2.24) is 8.96 Å². The predicted octanol–water partition coefficient (Wildman–Crippen LogP) is 8.72. The van der Waals surface area contributed by atoms with Crippen LogP contribution in [0.15, 0.2) is 107 Å². The van der Waals surface area contributed by atoms with Gasteiger partial charge in [0, 0.05) is 32.8 Å². The van der Waals surface area contributed by atoms with E-state index < -0.39 is 35.0 Å². The molecule has 0 saturated heterocycles. The summed E-state index contributed by atoms with van der Waals surface area (Å²) in [6.45, 7) is 1.73. The average Bonchev–Trinajstić information content (AvgIpc) is 3.43. The fourth-order valence-corrected chi connectivity index (χ4v) is 6.93. The first kappa shape index (κ1) is 32.8. The van der Waals surface area contributed by atoms with Crippen molar-refractivity contribution in [1.29, 1.82) is 10.5 Å². The number of alkyl halides is 3. The number of pyridine rings is 1. The summed E-state index contributed by atoms with van der Waals surface area (Å²) in [5.74, 6) is -1.61. The molecule has 8 nitrogen and oxygen atoms in total. The summed E-state index contributed by atoms with van der Waals surface area (Å²) in [6, 6.07) is 25.5. The number of hydrogen-bond acceptors (Lipinski definition) is 6. The Balaban J connectivity index is 1.70. The van der Waals surface area contributed by atoms with E-state index in [1.165, 1.54) is 46.4 Å². The number of carbonyl (C=O) groups excluding carboxylic acids is 1. The van der Waals surface area contributed by atoms with Gasteiger partial charge in [-0.3, -0.25) is 4.79 Å². The summed E-state index contributed by atoms with van der Waals surface area (Å²) in [7, 11) is 0. The molecular weight excluding hydrogens is 658 g/mol. The minimum atomic E-state index is -4.74. The molecule has 1 atom stereocenters. The molecule has 1 amide bonds. The number of nitrogens with zero attached hydrogens (tertiary/aromatic N) is 5. The van der Waals surface area contributed by atoms with Crippen molar-refractivity contribution < 1.29 is 26.9 Å². The van der Waals surface area contributed by atoms with Gasteiger partial charge in [-0.1, -0.05) is 30.3 Å². The highest BCUT2D eigenvalue weighted by atomic mass is 32.2. The molecule has 0 N–H and O–H groups in total. The van der Waals surface area contributed by atoms with Gasteiger partial charge in [-0.05, 0) is 84.3 Å². The molecule has 0 spiro atoms. The number of aryl methyl sites for hydroxylation is 1. The van der Waals surface area contributed by atoms with E-state index in [0.29, 0.717) is 28.3 Å². The minimum Gasteiger partial charge on any atom is -0.587 e. The van der Waals surface area contributed by atoms with E-state index in [-0.39, 0.29) is 49.3 Å². The molecule has 0 aliphatic rings. The molecule has 2 aromatic heterocycles. The van der Waals surface area contributed by atoms with E-state index in [9.17, 15) is 42.3 Å². The van der Waals surface area contributed by atoms with Crippen LogP contribution in [0.3, 0.4) is 0 Å². The van der Waals surface area contributed by atoms with Crippen molar-refractivity contribution in [2.45, 2.75) is 18.0 Å². The van der Waals surface area contributed by atoms with Crippen LogP contribution in [0.4, 0.5) is 17.6 Å². The lowest BCUT2D eigenvalue weighted by atomic mass is 9.90. The first-order valence-corrected chi connectivity index (χ1v) is 15.4. The molecule has 0 radical (unpaired) electrons. The van der Waals surface area contributed by atoms with Gasteiger partial charge < -0.3 is 4.55 Å². The summed E-state index contributed by atoms with van der Waals surface area (Å²) in [4.78, 5) is 26.1. The Hall–Kier alpha value is -6.15. The van der Waals surface area contributed by atoms with Crippen LogP contribution < -0.4 is 0 Å². The van der Waals surface area contributed by atoms with Gasteiger partial charge in [-0.2, -0.15) is 27.7 Å². The Bertz CT molecular complexity index is 2360. The van der Waals surface area contributed by atoms with Gasteiger partial charge in [0.25, 0.3) is 0 Å². The zero-order valence-electron chi connectivity index (χ0n) is 25.1. The minimum absolute atomic E-state index is 0.0710. The standard InChI is InChI=1S/C36H19F4N5O3S/c1-20-14-23(35(46)44-47)8-11-28(20)21-4-2-5-22(15-21)34-33(32-24(17-41)6-3-7-25(32)18-42)29-16-26(37)9-12-30(29)45(34)49(48)27-10-13-31(43-19-27)36(38,39)40/h2-16,19H,1H3. The Morgan fingerprint density at radius 2 is 1.59 bits per heavy atom. The van der Waals surface area contributed by atoms with Crippen LogP contribution in [0.5, 0.6) is 0 Å². The van der Waals surface area contributed by atoms with Crippen molar-refractivity contribution in [3.63, 3.8) is 0 Å². The van der Waals surface area contributed by atoms with Crippen LogP contribution in [-0.4, -0.2) is 19.4 Å². The van der Waals surface area contributed by atoms with Gasteiger partial charge >= 0.3 is 12.1 Å². The summed E-state index contributed by atoms with van der Waals surface area (Å²) in [6.07, 6.45) is -3.89. The van der Waals surface area contributed by atoms with Crippen LogP contribution in [0.1, 0.15) is 32.7 Å². The second-order valence-electron chi connectivity index (χ2n) is 10.8. The van der Waals surface area contributed by atoms with Crippen molar-refractivity contribution in [3.8, 4) is 45.6 Å². The number of benzene rings is 4. The summed E-state index contributed by atoms with van der Waals surface area (Å²) < 4.78 is 70.7. The number of fused-ring (bicyclic) bond motifs is 1. The fraction of sp³-hybridized carbons (Fsp3) is 0.0556. The number of aromatic nitrogens is 2. The Morgan fingerprint density at radius 3 is 2.20 bits per heavy atom. The number of hydrogen-bond donors (Lipinski definition) is 0. The highest BCUT2D eigenvalue weighted by molar-refractivity contribution is 7.90. The Kier molecular flexibility index (Phi) is 8.57. The molecule has 49 heavy (non-hydrogen) atoms. The molecule has 0 aliphatic carbocycles. The molecule has 0 fully saturated rings. The monoisotopic (exact) mass is 677 g/mol. The molecular formula is C36H19F4N5O3S. The highest BCUT2D eigenvalue weighted by Gasteiger charge is 2.34. The van der Waals surface area contributed by atoms with Crippen molar-refractivity contribution in [3.05, 3.63) is 136 Å². The molecule has 2 heterocycles. The Morgan fingerprint density at radius 1 is 0.898 bits per heavy atom. The SMILES string of the molecule is Cc1cc(C(=O)N=O)ccc1-c1cccc(-c2c(-c3c(C#N)cccc3C#N)c3cc(F)ccc3n2[S+]([O-])c2ccc(C(F)(F)F)nc2)c1. The maximum Gasteiger partial charge on any atom is 0.433 e. The Labute approximate surface area is 278 Å². The molecule has 6 aromatic rings. The number of rotatable bonds is 6. The highest BCUT2D eigenvalue weighted by Crippen LogP contribution is 2.46. The normalized spacial score (nSPS) is 11.9. The second kappa shape index (κ2) is 12.8. The molecule has 0 bridgehead atoms. The zero-order chi connectivity index (χ0) is 35.0. The van der Waals surface area contributed by atoms with Crippen molar-refractivity contribution in [2.24, 2.45) is 5.18 Å². The summed E-state index contributed by atoms with van der Waals surface area (Å²) >= 11 is -2.29. The quantitative estimate of drug-likeness (QED) is 0.0983. The summed E-state index contributed by atoms with van der Waals surface area (Å²) in [5.41, 5.74) is 2.04. The van der Waals surface area contributed by atoms with E-state index in [4.69, 9.17) is 0 Å². The molecule has 0 saturated carbocycles. The molecule has 240 valence electrons. The fourth-order valence-electron chi connectivity index (χ4n) is 5.69. The topological polar surface area (TPSA) is 135 Å². The van der Waals surface area contributed by atoms with Crippen molar-refractivity contribution >= 4 is 28.2 Å². The maximum absolute atomic E-state index is 15.0. The lowest BCUT2D eigenvalue weighted by molar-refractivity contribution is -0.141. The van der Waals surface area contributed by atoms with Crippen LogP contribution in [0.25, 0.3) is 44.4 Å². The van der Waals surface area contributed by atoms with E-state index in [0.717, 1.165) is 18.3 Å². The van der Waals surface area contributed by atoms with Gasteiger partial charge in [-0.15, -0.1) is 4.91 Å². The second-order valence-corrected chi connectivity index (χ2v) is 12.1. The molecule has 1 unspecified atom stereocenters. The summed E-state index contributed by atoms with van der Waals surface area (Å²) in [5, 5.41) is 22.9. The number of nitriles is 2. The first-order valence-electron chi connectivity index (χ1n) is 14.3. The molecule has 6 rings (SSSR count). The largest absolute Gasteiger partial charge is 0.587 e. The van der Waals surface area contributed by atoms with E-state index in [2.05, 4.69) is 22.3 Å². The average molecular weight is 678 g/mol. The number of nitroso groups, excluding NO2 is 1. The van der Waals surface area contributed by atoms with Crippen LogP contribution in [0.2, 0.25) is 0 Å². The first-order chi connectivity index (χ1) is 23.5. The number of carbonyl (C=O) groups is 1. The number of halogens is 4. The third-order valence-corrected chi connectivity index (χ3v) is 9.20. The lowest BCUT2D eigenvalue weighted by Crippen LogP contribution is -2.16. The zero-order valence-corrected chi connectivity index (χ0v) is 25.9. The van der Waals surface area contributed by atoms with Crippen LogP contribution >= 0.6 is 0 Å². The molecule has 4 aromatic carbocycles. The van der Waals surface area contributed by atoms with Gasteiger partial charge in [0.1, 0.15) is 28.6 Å². The van der Waals surface area contributed by atoms with Gasteiger partial charge in [-0.25, -0.2) is 9.37 Å². The number of amides is 1. The van der Waals surface area contributed by atoms with Crippen LogP contribution in [0, 0.1) is 40.3 Å². The molecule has 0 aliphatic heterocycles. The van der Waals surface area contributed by atoms with Gasteiger partial charge in [0.05, 0.1) is 35.0 Å². The lowest BCUT2D eigenvalue weighted by Gasteiger charge is -2.17. The maximum atomic E-state index is 15.0. The molecule has 13 heteroatoms. The smallest absolute Gasteiger partial charge is 0.433 e.